The summed E-state index contributed by atoms with van der Waals surface area (Å²) in [7, 11) is 0. The van der Waals surface area contributed by atoms with E-state index < -0.39 is 10.3 Å². The van der Waals surface area contributed by atoms with Crippen molar-refractivity contribution in [1.29, 1.82) is 0 Å². The molecule has 12 heavy (non-hydrogen) atoms. The molecule has 0 amide bonds. The van der Waals surface area contributed by atoms with Gasteiger partial charge in [-0.05, 0) is 6.08 Å². The maximum Gasteiger partial charge on any atom is 0.368 e. The van der Waals surface area contributed by atoms with Crippen molar-refractivity contribution in [1.82, 2.24) is 0 Å². The first-order valence-corrected chi connectivity index (χ1v) is 3.93. The van der Waals surface area contributed by atoms with Gasteiger partial charge in [-0.2, -0.15) is 5.26 Å². The minimum absolute atomic E-state index is 0.131. The molecule has 5 heteroatoms. The molecule has 0 aromatic rings. The lowest BCUT2D eigenvalue weighted by molar-refractivity contribution is -0.229. The number of carbonyl (C=O) groups excluding carboxylic acids is 1. The molecule has 0 heterocycles. The molecular formula is C7H6Cl2O3. The summed E-state index contributed by atoms with van der Waals surface area (Å²) in [5, 5.41) is 8.06. The molecule has 1 N–H and O–H groups in total. The van der Waals surface area contributed by atoms with Crippen LogP contribution in [0.25, 0.3) is 0 Å². The predicted molar refractivity (Wildman–Crippen MR) is 45.0 cm³/mol. The van der Waals surface area contributed by atoms with Crippen LogP contribution in [-0.4, -0.2) is 15.6 Å². The second-order valence-electron chi connectivity index (χ2n) is 2.37. The Morgan fingerprint density at radius 3 is 2.83 bits per heavy atom. The van der Waals surface area contributed by atoms with E-state index in [0.717, 1.165) is 0 Å². The summed E-state index contributed by atoms with van der Waals surface area (Å²) in [6.07, 6.45) is 4.70. The summed E-state index contributed by atoms with van der Waals surface area (Å²) in [4.78, 5) is 14.3. The predicted octanol–water partition coefficient (Wildman–Crippen LogP) is 2.06. The standard InChI is InChI=1S/C7H6Cl2O3/c8-7(9)3-1-2-5(4-7)6(10)12-11/h1-3,11H,4H2. The topological polar surface area (TPSA) is 46.5 Å². The van der Waals surface area contributed by atoms with Crippen molar-refractivity contribution in [2.45, 2.75) is 10.8 Å². The van der Waals surface area contributed by atoms with Crippen LogP contribution < -0.4 is 0 Å². The molecule has 1 aliphatic rings. The van der Waals surface area contributed by atoms with Gasteiger partial charge in [-0.25, -0.2) is 4.79 Å². The van der Waals surface area contributed by atoms with E-state index in [-0.39, 0.29) is 12.0 Å². The Hall–Kier alpha value is -0.510. The van der Waals surface area contributed by atoms with Crippen molar-refractivity contribution in [3.8, 4) is 0 Å². The van der Waals surface area contributed by atoms with Crippen molar-refractivity contribution in [2.75, 3.05) is 0 Å². The molecule has 0 fully saturated rings. The Morgan fingerprint density at radius 1 is 1.67 bits per heavy atom. The molecule has 0 bridgehead atoms. The largest absolute Gasteiger partial charge is 0.368 e. The van der Waals surface area contributed by atoms with E-state index in [2.05, 4.69) is 4.89 Å². The Kier molecular flexibility index (Phi) is 2.77. The average Bonchev–Trinajstić information content (AvgIpc) is 2.01. The first-order chi connectivity index (χ1) is 5.55. The van der Waals surface area contributed by atoms with Crippen molar-refractivity contribution >= 4 is 29.2 Å². The molecule has 1 rings (SSSR count). The fourth-order valence-corrected chi connectivity index (χ4v) is 1.31. The van der Waals surface area contributed by atoms with E-state index in [4.69, 9.17) is 28.5 Å². The number of rotatable bonds is 1. The molecule has 0 saturated heterocycles. The molecule has 0 spiro atoms. The Labute approximate surface area is 79.1 Å². The first kappa shape index (κ1) is 9.58. The summed E-state index contributed by atoms with van der Waals surface area (Å²) in [6, 6.07) is 0. The van der Waals surface area contributed by atoms with Crippen molar-refractivity contribution in [3.05, 3.63) is 23.8 Å². The third kappa shape index (κ3) is 2.24. The zero-order valence-corrected chi connectivity index (χ0v) is 7.47. The highest BCUT2D eigenvalue weighted by molar-refractivity contribution is 6.50. The van der Waals surface area contributed by atoms with Crippen LogP contribution in [0, 0.1) is 0 Å². The average molecular weight is 209 g/mol. The SMILES string of the molecule is O=C(OO)C1=CC=CC(Cl)(Cl)C1. The van der Waals surface area contributed by atoms with Gasteiger partial charge in [0.2, 0.25) is 0 Å². The normalized spacial score (nSPS) is 20.1. The molecule has 0 aliphatic heterocycles. The highest BCUT2D eigenvalue weighted by atomic mass is 35.5. The van der Waals surface area contributed by atoms with E-state index in [1.54, 1.807) is 6.08 Å². The van der Waals surface area contributed by atoms with Crippen LogP contribution in [0.4, 0.5) is 0 Å². The van der Waals surface area contributed by atoms with Crippen molar-refractivity contribution < 1.29 is 14.9 Å². The Bertz CT molecular complexity index is 255. The number of hydrogen-bond donors (Lipinski definition) is 1. The van der Waals surface area contributed by atoms with Crippen LogP contribution in [0.1, 0.15) is 6.42 Å². The third-order valence-electron chi connectivity index (χ3n) is 1.41. The number of carbonyl (C=O) groups is 1. The minimum atomic E-state index is -1.09. The first-order valence-electron chi connectivity index (χ1n) is 3.17. The molecule has 66 valence electrons. The fraction of sp³-hybridized carbons (Fsp3) is 0.286. The van der Waals surface area contributed by atoms with Crippen LogP contribution >= 0.6 is 23.2 Å². The maximum atomic E-state index is 10.8. The van der Waals surface area contributed by atoms with Crippen LogP contribution in [0.15, 0.2) is 23.8 Å². The third-order valence-corrected chi connectivity index (χ3v) is 1.93. The van der Waals surface area contributed by atoms with Gasteiger partial charge in [-0.1, -0.05) is 35.4 Å². The van der Waals surface area contributed by atoms with Gasteiger partial charge in [-0.15, -0.1) is 0 Å². The van der Waals surface area contributed by atoms with Gasteiger partial charge in [-0.3, -0.25) is 4.89 Å². The highest BCUT2D eigenvalue weighted by Crippen LogP contribution is 2.33. The lowest BCUT2D eigenvalue weighted by atomic mass is 10.0. The number of alkyl halides is 2. The van der Waals surface area contributed by atoms with E-state index in [0.29, 0.717) is 0 Å². The second kappa shape index (κ2) is 3.47. The zero-order chi connectivity index (χ0) is 9.19. The highest BCUT2D eigenvalue weighted by Gasteiger charge is 2.28. The van der Waals surface area contributed by atoms with Crippen molar-refractivity contribution in [3.63, 3.8) is 0 Å². The summed E-state index contributed by atoms with van der Waals surface area (Å²) < 4.78 is -1.09. The molecule has 0 aromatic carbocycles. The maximum absolute atomic E-state index is 10.8. The summed E-state index contributed by atoms with van der Waals surface area (Å²) in [5.74, 6) is -0.829. The van der Waals surface area contributed by atoms with Crippen LogP contribution in [0.2, 0.25) is 0 Å². The van der Waals surface area contributed by atoms with Gasteiger partial charge >= 0.3 is 5.97 Å². The molecule has 0 saturated carbocycles. The molecule has 1 aliphatic carbocycles. The van der Waals surface area contributed by atoms with Gasteiger partial charge in [0.05, 0.1) is 0 Å². The number of allylic oxidation sites excluding steroid dienone is 3. The van der Waals surface area contributed by atoms with Gasteiger partial charge in [0.25, 0.3) is 0 Å². The zero-order valence-electron chi connectivity index (χ0n) is 5.96. The summed E-state index contributed by atoms with van der Waals surface area (Å²) in [6.45, 7) is 0. The van der Waals surface area contributed by atoms with Gasteiger partial charge in [0.15, 0.2) is 0 Å². The van der Waals surface area contributed by atoms with Crippen molar-refractivity contribution in [2.24, 2.45) is 0 Å². The number of hydrogen-bond acceptors (Lipinski definition) is 3. The molecule has 0 unspecified atom stereocenters. The Balaban J connectivity index is 2.76. The number of halogens is 2. The fourth-order valence-electron chi connectivity index (χ4n) is 0.876. The van der Waals surface area contributed by atoms with Crippen LogP contribution in [-0.2, 0) is 9.68 Å². The van der Waals surface area contributed by atoms with Gasteiger partial charge in [0, 0.05) is 12.0 Å². The summed E-state index contributed by atoms with van der Waals surface area (Å²) >= 11 is 11.4. The van der Waals surface area contributed by atoms with E-state index in [1.807, 2.05) is 0 Å². The van der Waals surface area contributed by atoms with Gasteiger partial charge in [0.1, 0.15) is 4.33 Å². The van der Waals surface area contributed by atoms with E-state index in [9.17, 15) is 4.79 Å². The lowest BCUT2D eigenvalue weighted by Crippen LogP contribution is -2.18. The molecule has 0 radical (unpaired) electrons. The van der Waals surface area contributed by atoms with E-state index in [1.165, 1.54) is 12.2 Å². The van der Waals surface area contributed by atoms with Gasteiger partial charge < -0.3 is 0 Å². The van der Waals surface area contributed by atoms with Crippen LogP contribution in [0.3, 0.4) is 0 Å². The molecule has 0 aromatic heterocycles. The summed E-state index contributed by atoms with van der Waals surface area (Å²) in [5.41, 5.74) is 0.241. The molecular weight excluding hydrogens is 203 g/mol. The lowest BCUT2D eigenvalue weighted by Gasteiger charge is -2.18. The molecule has 3 nitrogen and oxygen atoms in total. The van der Waals surface area contributed by atoms with Crippen LogP contribution in [0.5, 0.6) is 0 Å². The molecule has 0 atom stereocenters. The second-order valence-corrected chi connectivity index (χ2v) is 3.91. The minimum Gasteiger partial charge on any atom is -0.296 e. The smallest absolute Gasteiger partial charge is 0.296 e. The quantitative estimate of drug-likeness (QED) is 0.408. The Morgan fingerprint density at radius 2 is 2.33 bits per heavy atom. The monoisotopic (exact) mass is 208 g/mol. The van der Waals surface area contributed by atoms with E-state index >= 15 is 0 Å².